The van der Waals surface area contributed by atoms with Crippen molar-refractivity contribution in [2.45, 2.75) is 13.3 Å². The van der Waals surface area contributed by atoms with Crippen LogP contribution in [0.5, 0.6) is 0 Å². The molecule has 1 heterocycles. The number of aryl methyl sites for hydroxylation is 1. The van der Waals surface area contributed by atoms with Gasteiger partial charge in [0.25, 0.3) is 0 Å². The van der Waals surface area contributed by atoms with Crippen molar-refractivity contribution in [3.05, 3.63) is 39.8 Å². The average Bonchev–Trinajstić information content (AvgIpc) is 2.23. The third-order valence-electron chi connectivity index (χ3n) is 1.59. The lowest BCUT2D eigenvalue weighted by Crippen LogP contribution is -1.91. The second kappa shape index (κ2) is 5.63. The summed E-state index contributed by atoms with van der Waals surface area (Å²) in [5, 5.41) is 3.31. The van der Waals surface area contributed by atoms with Gasteiger partial charge >= 0.3 is 0 Å². The van der Waals surface area contributed by atoms with Crippen LogP contribution >= 0.6 is 0 Å². The molecule has 0 bridgehead atoms. The Bertz CT molecular complexity index is 452. The molecule has 0 amide bonds. The van der Waals surface area contributed by atoms with Gasteiger partial charge in [-0.25, -0.2) is 9.37 Å². The summed E-state index contributed by atoms with van der Waals surface area (Å²) in [6.45, 7) is 2.06. The first kappa shape index (κ1) is 11.0. The van der Waals surface area contributed by atoms with Crippen molar-refractivity contribution in [1.29, 1.82) is 0 Å². The van der Waals surface area contributed by atoms with Crippen LogP contribution in [0.1, 0.15) is 17.8 Å². The van der Waals surface area contributed by atoms with E-state index in [-0.39, 0.29) is 12.2 Å². The normalized spacial score (nSPS) is 8.67. The molecular weight excluding hydrogens is 195 g/mol. The molecule has 0 unspecified atom stereocenters. The molecule has 0 N–H and O–H groups in total. The zero-order valence-electron chi connectivity index (χ0n) is 8.24. The molecule has 0 saturated carbocycles. The number of aromatic nitrogens is 1. The summed E-state index contributed by atoms with van der Waals surface area (Å²) >= 11 is 0. The van der Waals surface area contributed by atoms with Crippen LogP contribution in [0.15, 0.2) is 17.2 Å². The van der Waals surface area contributed by atoms with Crippen LogP contribution < -0.4 is 0 Å². The van der Waals surface area contributed by atoms with Gasteiger partial charge in [0, 0.05) is 23.6 Å². The number of rotatable bonds is 2. The Morgan fingerprint density at radius 3 is 3.13 bits per heavy atom. The lowest BCUT2D eigenvalue weighted by Gasteiger charge is -1.94. The van der Waals surface area contributed by atoms with Crippen molar-refractivity contribution in [3.63, 3.8) is 0 Å². The summed E-state index contributed by atoms with van der Waals surface area (Å²) in [6.07, 6.45) is 0.402. The molecule has 0 radical (unpaired) electrons. The minimum atomic E-state index is -0.433. The number of halogens is 1. The summed E-state index contributed by atoms with van der Waals surface area (Å²) in [6, 6.07) is 2.92. The van der Waals surface area contributed by atoms with Crippen LogP contribution in [0.2, 0.25) is 0 Å². The van der Waals surface area contributed by atoms with Crippen molar-refractivity contribution in [2.24, 2.45) is 5.11 Å². The molecule has 0 saturated heterocycles. The lowest BCUT2D eigenvalue weighted by atomic mass is 10.3. The van der Waals surface area contributed by atoms with E-state index in [9.17, 15) is 4.39 Å². The highest BCUT2D eigenvalue weighted by Crippen LogP contribution is 2.03. The maximum Gasteiger partial charge on any atom is 0.157 e. The maximum atomic E-state index is 13.1. The van der Waals surface area contributed by atoms with Crippen LogP contribution in [0.25, 0.3) is 10.4 Å². The van der Waals surface area contributed by atoms with Gasteiger partial charge in [0.15, 0.2) is 5.82 Å². The standard InChI is InChI=1S/C10H9FN4/c1-8-5-6-9(11)10(14-8)4-2-3-7-13-15-12/h5-6H,3,7H2,1H3. The number of azide groups is 1. The predicted octanol–water partition coefficient (Wildman–Crippen LogP) is 2.58. The summed E-state index contributed by atoms with van der Waals surface area (Å²) in [5.41, 5.74) is 8.85. The number of pyridine rings is 1. The molecule has 15 heavy (non-hydrogen) atoms. The Balaban J connectivity index is 2.70. The smallest absolute Gasteiger partial charge is 0.157 e. The Hall–Kier alpha value is -2.05. The highest BCUT2D eigenvalue weighted by Gasteiger charge is 1.98. The first-order valence-electron chi connectivity index (χ1n) is 4.37. The second-order valence-corrected chi connectivity index (χ2v) is 2.79. The van der Waals surface area contributed by atoms with E-state index in [2.05, 4.69) is 26.9 Å². The van der Waals surface area contributed by atoms with Gasteiger partial charge in [-0.1, -0.05) is 11.0 Å². The third-order valence-corrected chi connectivity index (χ3v) is 1.59. The van der Waals surface area contributed by atoms with Gasteiger partial charge in [0.2, 0.25) is 0 Å². The molecule has 1 aromatic rings. The molecule has 0 aliphatic rings. The van der Waals surface area contributed by atoms with Crippen LogP contribution in [0, 0.1) is 24.6 Å². The van der Waals surface area contributed by atoms with Crippen molar-refractivity contribution in [1.82, 2.24) is 4.98 Å². The fourth-order valence-electron chi connectivity index (χ4n) is 0.924. The first-order valence-corrected chi connectivity index (χ1v) is 4.37. The molecule has 0 atom stereocenters. The molecule has 0 spiro atoms. The van der Waals surface area contributed by atoms with E-state index in [0.717, 1.165) is 5.69 Å². The van der Waals surface area contributed by atoms with Gasteiger partial charge < -0.3 is 0 Å². The van der Waals surface area contributed by atoms with Crippen molar-refractivity contribution >= 4 is 0 Å². The van der Waals surface area contributed by atoms with Crippen LogP contribution in [-0.2, 0) is 0 Å². The van der Waals surface area contributed by atoms with Gasteiger partial charge in [0.05, 0.1) is 0 Å². The highest BCUT2D eigenvalue weighted by atomic mass is 19.1. The molecule has 5 heteroatoms. The van der Waals surface area contributed by atoms with E-state index in [0.29, 0.717) is 6.42 Å². The molecule has 0 aromatic carbocycles. The third kappa shape index (κ3) is 3.67. The molecule has 0 aliphatic heterocycles. The first-order chi connectivity index (χ1) is 7.24. The second-order valence-electron chi connectivity index (χ2n) is 2.79. The summed E-state index contributed by atoms with van der Waals surface area (Å²) in [7, 11) is 0. The largest absolute Gasteiger partial charge is 0.242 e. The minimum absolute atomic E-state index is 0.135. The van der Waals surface area contributed by atoms with Gasteiger partial charge in [-0.05, 0) is 30.5 Å². The molecule has 0 aliphatic carbocycles. The number of nitrogens with zero attached hydrogens (tertiary/aromatic N) is 4. The molecule has 4 nitrogen and oxygen atoms in total. The van der Waals surface area contributed by atoms with Gasteiger partial charge in [-0.15, -0.1) is 0 Å². The monoisotopic (exact) mass is 204 g/mol. The number of hydrogen-bond acceptors (Lipinski definition) is 2. The Labute approximate surface area is 86.8 Å². The molecule has 1 aromatic heterocycles. The van der Waals surface area contributed by atoms with E-state index in [4.69, 9.17) is 5.53 Å². The summed E-state index contributed by atoms with van der Waals surface area (Å²) < 4.78 is 13.1. The van der Waals surface area contributed by atoms with Crippen LogP contribution in [-0.4, -0.2) is 11.5 Å². The maximum absolute atomic E-state index is 13.1. The average molecular weight is 204 g/mol. The van der Waals surface area contributed by atoms with Gasteiger partial charge in [-0.2, -0.15) is 0 Å². The highest BCUT2D eigenvalue weighted by molar-refractivity contribution is 5.29. The lowest BCUT2D eigenvalue weighted by molar-refractivity contribution is 0.616. The molecule has 1 rings (SSSR count). The topological polar surface area (TPSA) is 61.7 Å². The van der Waals surface area contributed by atoms with Crippen molar-refractivity contribution < 1.29 is 4.39 Å². The van der Waals surface area contributed by atoms with Crippen molar-refractivity contribution in [3.8, 4) is 11.8 Å². The number of hydrogen-bond donors (Lipinski definition) is 0. The Morgan fingerprint density at radius 1 is 1.60 bits per heavy atom. The molecule has 0 fully saturated rings. The van der Waals surface area contributed by atoms with Gasteiger partial charge in [0.1, 0.15) is 5.69 Å². The summed E-state index contributed by atoms with van der Waals surface area (Å²) in [5.74, 6) is 4.85. The molecule has 76 valence electrons. The Kier molecular flexibility index (Phi) is 4.14. The Morgan fingerprint density at radius 2 is 2.40 bits per heavy atom. The summed E-state index contributed by atoms with van der Waals surface area (Å²) in [4.78, 5) is 6.52. The van der Waals surface area contributed by atoms with Crippen molar-refractivity contribution in [2.75, 3.05) is 6.54 Å². The van der Waals surface area contributed by atoms with Gasteiger partial charge in [-0.3, -0.25) is 0 Å². The zero-order chi connectivity index (χ0) is 11.1. The SMILES string of the molecule is Cc1ccc(F)c(C#CCCN=[N+]=[N-])n1. The zero-order valence-corrected chi connectivity index (χ0v) is 8.24. The fraction of sp³-hybridized carbons (Fsp3) is 0.300. The minimum Gasteiger partial charge on any atom is -0.242 e. The van der Waals surface area contributed by atoms with E-state index in [1.165, 1.54) is 6.07 Å². The van der Waals surface area contributed by atoms with E-state index in [1.54, 1.807) is 13.0 Å². The van der Waals surface area contributed by atoms with E-state index in [1.807, 2.05) is 0 Å². The van der Waals surface area contributed by atoms with Crippen LogP contribution in [0.4, 0.5) is 4.39 Å². The molecular formula is C10H9FN4. The van der Waals surface area contributed by atoms with Crippen LogP contribution in [0.3, 0.4) is 0 Å². The fourth-order valence-corrected chi connectivity index (χ4v) is 0.924. The quantitative estimate of drug-likeness (QED) is 0.240. The van der Waals surface area contributed by atoms with E-state index >= 15 is 0 Å². The van der Waals surface area contributed by atoms with E-state index < -0.39 is 5.82 Å². The predicted molar refractivity (Wildman–Crippen MR) is 54.4 cm³/mol.